The molecule has 0 radical (unpaired) electrons. The van der Waals surface area contributed by atoms with Crippen LogP contribution in [0.2, 0.25) is 0 Å². The summed E-state index contributed by atoms with van der Waals surface area (Å²) in [6.45, 7) is 4.46. The number of nitrogens with one attached hydrogen (secondary N) is 2. The minimum atomic E-state index is -0.218. The van der Waals surface area contributed by atoms with Gasteiger partial charge in [-0.3, -0.25) is 0 Å². The van der Waals surface area contributed by atoms with Crippen molar-refractivity contribution >= 4 is 11.7 Å². The first-order chi connectivity index (χ1) is 10.1. The van der Waals surface area contributed by atoms with Crippen molar-refractivity contribution in [1.29, 1.82) is 0 Å². The number of hydrogen-bond acceptors (Lipinski definition) is 2. The summed E-state index contributed by atoms with van der Waals surface area (Å²) >= 11 is 0. The highest BCUT2D eigenvalue weighted by Crippen LogP contribution is 2.16. The topological polar surface area (TPSA) is 50.4 Å². The molecule has 4 nitrogen and oxygen atoms in total. The van der Waals surface area contributed by atoms with Gasteiger partial charge in [-0.1, -0.05) is 29.8 Å². The zero-order valence-electron chi connectivity index (χ0n) is 12.6. The number of urea groups is 1. The summed E-state index contributed by atoms with van der Waals surface area (Å²) in [7, 11) is 1.62. The molecule has 0 aromatic heterocycles. The summed E-state index contributed by atoms with van der Waals surface area (Å²) < 4.78 is 5.16. The molecule has 0 aliphatic heterocycles. The van der Waals surface area contributed by atoms with Gasteiger partial charge in [-0.25, -0.2) is 4.79 Å². The number of methoxy groups -OCH3 is 1. The quantitative estimate of drug-likeness (QED) is 0.900. The van der Waals surface area contributed by atoms with Crippen molar-refractivity contribution in [2.45, 2.75) is 20.4 Å². The van der Waals surface area contributed by atoms with E-state index in [1.165, 1.54) is 5.56 Å². The molecule has 2 aromatic carbocycles. The Labute approximate surface area is 125 Å². The van der Waals surface area contributed by atoms with E-state index in [0.29, 0.717) is 6.54 Å². The van der Waals surface area contributed by atoms with E-state index >= 15 is 0 Å². The second kappa shape index (κ2) is 6.79. The number of aryl methyl sites for hydroxylation is 2. The molecule has 2 amide bonds. The molecular formula is C17H20N2O2. The number of rotatable bonds is 4. The van der Waals surface area contributed by atoms with Gasteiger partial charge in [0.15, 0.2) is 0 Å². The second-order valence-electron chi connectivity index (χ2n) is 4.98. The molecule has 0 aliphatic carbocycles. The van der Waals surface area contributed by atoms with Crippen molar-refractivity contribution < 1.29 is 9.53 Å². The summed E-state index contributed by atoms with van der Waals surface area (Å²) in [5.41, 5.74) is 4.04. The van der Waals surface area contributed by atoms with E-state index in [0.717, 1.165) is 22.6 Å². The van der Waals surface area contributed by atoms with Crippen molar-refractivity contribution in [3.8, 4) is 5.75 Å². The van der Waals surface area contributed by atoms with Gasteiger partial charge in [-0.05, 0) is 43.2 Å². The lowest BCUT2D eigenvalue weighted by Gasteiger charge is -2.11. The predicted octanol–water partition coefficient (Wildman–Crippen LogP) is 3.63. The maximum Gasteiger partial charge on any atom is 0.319 e. The van der Waals surface area contributed by atoms with E-state index in [1.807, 2.05) is 56.3 Å². The molecule has 21 heavy (non-hydrogen) atoms. The standard InChI is InChI=1S/C17H20N2O2/c1-12-7-8-16(13(2)9-12)19-17(20)18-11-14-5-4-6-15(10-14)21-3/h4-10H,11H2,1-3H3,(H2,18,19,20). The molecule has 110 valence electrons. The van der Waals surface area contributed by atoms with E-state index in [1.54, 1.807) is 7.11 Å². The third-order valence-corrected chi connectivity index (χ3v) is 3.22. The smallest absolute Gasteiger partial charge is 0.319 e. The van der Waals surface area contributed by atoms with Crippen LogP contribution in [-0.2, 0) is 6.54 Å². The molecule has 0 bridgehead atoms. The highest BCUT2D eigenvalue weighted by molar-refractivity contribution is 5.90. The summed E-state index contributed by atoms with van der Waals surface area (Å²) in [4.78, 5) is 11.9. The summed E-state index contributed by atoms with van der Waals surface area (Å²) in [5, 5.41) is 5.69. The Morgan fingerprint density at radius 3 is 2.67 bits per heavy atom. The molecule has 0 atom stereocenters. The first-order valence-corrected chi connectivity index (χ1v) is 6.83. The van der Waals surface area contributed by atoms with Gasteiger partial charge >= 0.3 is 6.03 Å². The SMILES string of the molecule is COc1cccc(CNC(=O)Nc2ccc(C)cc2C)c1. The van der Waals surface area contributed by atoms with Crippen molar-refractivity contribution in [2.24, 2.45) is 0 Å². The maximum absolute atomic E-state index is 11.9. The average molecular weight is 284 g/mol. The van der Waals surface area contributed by atoms with E-state index in [4.69, 9.17) is 4.74 Å². The van der Waals surface area contributed by atoms with Gasteiger partial charge in [-0.15, -0.1) is 0 Å². The minimum absolute atomic E-state index is 0.218. The average Bonchev–Trinajstić information content (AvgIpc) is 2.48. The molecule has 2 aromatic rings. The van der Waals surface area contributed by atoms with Crippen LogP contribution in [0, 0.1) is 13.8 Å². The molecule has 0 fully saturated rings. The molecule has 2 N–H and O–H groups in total. The van der Waals surface area contributed by atoms with Gasteiger partial charge in [0.05, 0.1) is 7.11 Å². The number of hydrogen-bond donors (Lipinski definition) is 2. The Morgan fingerprint density at radius 1 is 1.14 bits per heavy atom. The second-order valence-corrected chi connectivity index (χ2v) is 4.98. The Bertz CT molecular complexity index is 638. The molecule has 0 saturated carbocycles. The molecule has 4 heteroatoms. The first kappa shape index (κ1) is 14.9. The summed E-state index contributed by atoms with van der Waals surface area (Å²) in [5.74, 6) is 0.782. The third kappa shape index (κ3) is 4.24. The van der Waals surface area contributed by atoms with Crippen LogP contribution in [-0.4, -0.2) is 13.1 Å². The molecule has 0 heterocycles. The van der Waals surface area contributed by atoms with E-state index in [2.05, 4.69) is 10.6 Å². The zero-order chi connectivity index (χ0) is 15.2. The van der Waals surface area contributed by atoms with E-state index < -0.39 is 0 Å². The molecule has 2 rings (SSSR count). The Morgan fingerprint density at radius 2 is 1.95 bits per heavy atom. The summed E-state index contributed by atoms with van der Waals surface area (Å²) in [6, 6.07) is 13.3. The molecule has 0 aliphatic rings. The minimum Gasteiger partial charge on any atom is -0.497 e. The number of anilines is 1. The number of benzene rings is 2. The highest BCUT2D eigenvalue weighted by atomic mass is 16.5. The molecular weight excluding hydrogens is 264 g/mol. The lowest BCUT2D eigenvalue weighted by molar-refractivity contribution is 0.251. The fourth-order valence-corrected chi connectivity index (χ4v) is 2.09. The molecule has 0 unspecified atom stereocenters. The van der Waals surface area contributed by atoms with Gasteiger partial charge in [0.25, 0.3) is 0 Å². The fraction of sp³-hybridized carbons (Fsp3) is 0.235. The molecule has 0 saturated heterocycles. The Hall–Kier alpha value is -2.49. The molecule has 0 spiro atoms. The zero-order valence-corrected chi connectivity index (χ0v) is 12.6. The highest BCUT2D eigenvalue weighted by Gasteiger charge is 2.04. The monoisotopic (exact) mass is 284 g/mol. The van der Waals surface area contributed by atoms with Crippen LogP contribution in [0.15, 0.2) is 42.5 Å². The Balaban J connectivity index is 1.92. The number of amides is 2. The maximum atomic E-state index is 11.9. The van der Waals surface area contributed by atoms with Crippen molar-refractivity contribution in [1.82, 2.24) is 5.32 Å². The lowest BCUT2D eigenvalue weighted by Crippen LogP contribution is -2.28. The number of ether oxygens (including phenoxy) is 1. The van der Waals surface area contributed by atoms with Crippen molar-refractivity contribution in [3.63, 3.8) is 0 Å². The number of carbonyl (C=O) groups excluding carboxylic acids is 1. The van der Waals surface area contributed by atoms with Gasteiger partial charge in [0, 0.05) is 12.2 Å². The predicted molar refractivity (Wildman–Crippen MR) is 84.8 cm³/mol. The van der Waals surface area contributed by atoms with E-state index in [9.17, 15) is 4.79 Å². The van der Waals surface area contributed by atoms with Crippen LogP contribution in [0.3, 0.4) is 0 Å². The lowest BCUT2D eigenvalue weighted by atomic mass is 10.1. The van der Waals surface area contributed by atoms with Gasteiger partial charge in [0.1, 0.15) is 5.75 Å². The number of carbonyl (C=O) groups is 1. The first-order valence-electron chi connectivity index (χ1n) is 6.83. The largest absolute Gasteiger partial charge is 0.497 e. The van der Waals surface area contributed by atoms with Crippen LogP contribution >= 0.6 is 0 Å². The normalized spacial score (nSPS) is 10.0. The van der Waals surface area contributed by atoms with Gasteiger partial charge in [0.2, 0.25) is 0 Å². The van der Waals surface area contributed by atoms with Crippen molar-refractivity contribution in [3.05, 3.63) is 59.2 Å². The fourth-order valence-electron chi connectivity index (χ4n) is 2.09. The summed E-state index contributed by atoms with van der Waals surface area (Å²) in [6.07, 6.45) is 0. The van der Waals surface area contributed by atoms with Crippen molar-refractivity contribution in [2.75, 3.05) is 12.4 Å². The van der Waals surface area contributed by atoms with Crippen LogP contribution in [0.5, 0.6) is 5.75 Å². The van der Waals surface area contributed by atoms with Crippen LogP contribution in [0.25, 0.3) is 0 Å². The van der Waals surface area contributed by atoms with Crippen LogP contribution in [0.4, 0.5) is 10.5 Å². The Kier molecular flexibility index (Phi) is 4.82. The van der Waals surface area contributed by atoms with Crippen LogP contribution < -0.4 is 15.4 Å². The third-order valence-electron chi connectivity index (χ3n) is 3.22. The van der Waals surface area contributed by atoms with Gasteiger partial charge in [-0.2, -0.15) is 0 Å². The van der Waals surface area contributed by atoms with Gasteiger partial charge < -0.3 is 15.4 Å². The van der Waals surface area contributed by atoms with Crippen LogP contribution in [0.1, 0.15) is 16.7 Å². The van der Waals surface area contributed by atoms with E-state index in [-0.39, 0.29) is 6.03 Å².